The number of aromatic nitrogens is 6. The maximum atomic E-state index is 13.2. The zero-order valence-corrected chi connectivity index (χ0v) is 31.2. The van der Waals surface area contributed by atoms with Gasteiger partial charge in [0.1, 0.15) is 0 Å². The zero-order valence-electron chi connectivity index (χ0n) is 29.6. The van der Waals surface area contributed by atoms with Crippen molar-refractivity contribution in [1.29, 1.82) is 0 Å². The Balaban J connectivity index is 0.000000227. The molecule has 0 aliphatic carbocycles. The Morgan fingerprint density at radius 2 is 1.09 bits per heavy atom. The fraction of sp³-hybridized carbons (Fsp3) is 0.122. The number of benzene rings is 3. The lowest BCUT2D eigenvalue weighted by molar-refractivity contribution is -0.138. The highest BCUT2D eigenvalue weighted by Gasteiger charge is 2.31. The number of nitrogens with two attached hydrogens (primary N) is 1. The summed E-state index contributed by atoms with van der Waals surface area (Å²) in [5.74, 6) is 0.348. The quantitative estimate of drug-likeness (QED) is 0.109. The smallest absolute Gasteiger partial charge is 0.353 e. The van der Waals surface area contributed by atoms with Gasteiger partial charge in [-0.3, -0.25) is 9.97 Å². The molecule has 0 aliphatic rings. The van der Waals surface area contributed by atoms with Crippen LogP contribution in [0, 0.1) is 0 Å². The van der Waals surface area contributed by atoms with Gasteiger partial charge in [0.05, 0.1) is 22.5 Å². The largest absolute Gasteiger partial charge is 0.416 e. The van der Waals surface area contributed by atoms with Crippen molar-refractivity contribution in [2.24, 2.45) is 5.73 Å². The molecule has 7 rings (SSSR count). The molecule has 0 spiro atoms. The Kier molecular flexibility index (Phi) is 13.9. The van der Waals surface area contributed by atoms with Crippen molar-refractivity contribution in [1.82, 2.24) is 29.9 Å². The number of halogens is 8. The van der Waals surface area contributed by atoms with Crippen molar-refractivity contribution in [2.45, 2.75) is 24.8 Å². The first-order valence-corrected chi connectivity index (χ1v) is 17.3. The second-order valence-electron chi connectivity index (χ2n) is 12.3. The molecule has 0 unspecified atom stereocenters. The zero-order chi connectivity index (χ0) is 39.7. The first-order chi connectivity index (χ1) is 26.8. The van der Waals surface area contributed by atoms with Gasteiger partial charge in [-0.05, 0) is 83.2 Å². The van der Waals surface area contributed by atoms with Gasteiger partial charge in [0, 0.05) is 72.0 Å². The van der Waals surface area contributed by atoms with E-state index in [1.165, 1.54) is 24.5 Å². The standard InChI is InChI=1S/C25H22F3N5.C16H9ClF3N3.ClH/c26-25(27,28)20-8-4-7-19(14-20)22-16-32-24(33-23(22)18-9-11-30-12-10-18)31-15-21(29)13-17-5-2-1-3-6-17;17-15-22-9-13(14(23-15)10-4-6-21-7-5-10)11-2-1-3-12(8-11)16(18,19)20;/h1-12,14,16,21H,13,15,29H2,(H,31,32,33);1-9H;1H/t21-;;/m0../s1. The topological polar surface area (TPSA) is 115 Å². The second-order valence-corrected chi connectivity index (χ2v) is 12.7. The highest BCUT2D eigenvalue weighted by atomic mass is 35.5. The number of hydrogen-bond donors (Lipinski definition) is 2. The SMILES string of the molecule is Cl.FC(F)(F)c1cccc(-c2cnc(Cl)nc2-c2ccncc2)c1.N[C@H](CNc1ncc(-c2cccc(C(F)(F)F)c2)c(-c2ccncc2)n1)Cc1ccccc1. The number of nitrogens with zero attached hydrogens (tertiary/aromatic N) is 6. The summed E-state index contributed by atoms with van der Waals surface area (Å²) < 4.78 is 78.5. The van der Waals surface area contributed by atoms with Crippen LogP contribution < -0.4 is 11.1 Å². The first-order valence-electron chi connectivity index (χ1n) is 16.9. The molecule has 57 heavy (non-hydrogen) atoms. The van der Waals surface area contributed by atoms with Gasteiger partial charge >= 0.3 is 12.4 Å². The molecule has 4 heterocycles. The van der Waals surface area contributed by atoms with Crippen LogP contribution in [0.3, 0.4) is 0 Å². The van der Waals surface area contributed by atoms with Gasteiger partial charge in [-0.15, -0.1) is 12.4 Å². The lowest BCUT2D eigenvalue weighted by atomic mass is 9.99. The van der Waals surface area contributed by atoms with E-state index in [-0.39, 0.29) is 23.7 Å². The maximum absolute atomic E-state index is 13.2. The molecule has 8 nitrogen and oxygen atoms in total. The summed E-state index contributed by atoms with van der Waals surface area (Å²) in [5, 5.41) is 3.17. The highest BCUT2D eigenvalue weighted by molar-refractivity contribution is 6.28. The number of hydrogen-bond acceptors (Lipinski definition) is 8. The predicted molar refractivity (Wildman–Crippen MR) is 210 cm³/mol. The molecule has 0 amide bonds. The Hall–Kier alpha value is -5.96. The third-order valence-corrected chi connectivity index (χ3v) is 8.50. The van der Waals surface area contributed by atoms with Gasteiger partial charge in [0.25, 0.3) is 0 Å². The minimum absolute atomic E-state index is 0. The van der Waals surface area contributed by atoms with Crippen LogP contribution in [0.5, 0.6) is 0 Å². The van der Waals surface area contributed by atoms with Crippen LogP contribution in [-0.4, -0.2) is 42.5 Å². The lowest BCUT2D eigenvalue weighted by Gasteiger charge is -2.15. The van der Waals surface area contributed by atoms with Crippen molar-refractivity contribution in [2.75, 3.05) is 11.9 Å². The van der Waals surface area contributed by atoms with E-state index in [9.17, 15) is 26.3 Å². The molecule has 16 heteroatoms. The molecule has 0 aliphatic heterocycles. The van der Waals surface area contributed by atoms with Crippen LogP contribution in [0.2, 0.25) is 5.28 Å². The van der Waals surface area contributed by atoms with Crippen LogP contribution >= 0.6 is 24.0 Å². The molecule has 0 bridgehead atoms. The van der Waals surface area contributed by atoms with E-state index in [1.54, 1.807) is 61.2 Å². The average molecular weight is 822 g/mol. The summed E-state index contributed by atoms with van der Waals surface area (Å²) in [6.45, 7) is 0.438. The maximum Gasteiger partial charge on any atom is 0.416 e. The third kappa shape index (κ3) is 11.3. The molecule has 3 aromatic carbocycles. The van der Waals surface area contributed by atoms with E-state index in [4.69, 9.17) is 17.3 Å². The fourth-order valence-electron chi connectivity index (χ4n) is 5.65. The van der Waals surface area contributed by atoms with Crippen molar-refractivity contribution >= 4 is 30.0 Å². The van der Waals surface area contributed by atoms with Crippen molar-refractivity contribution in [3.05, 3.63) is 162 Å². The molecule has 292 valence electrons. The summed E-state index contributed by atoms with van der Waals surface area (Å²) >= 11 is 5.84. The lowest BCUT2D eigenvalue weighted by Crippen LogP contribution is -2.31. The van der Waals surface area contributed by atoms with E-state index in [0.29, 0.717) is 58.1 Å². The Morgan fingerprint density at radius 1 is 0.596 bits per heavy atom. The summed E-state index contributed by atoms with van der Waals surface area (Å²) in [5.41, 5.74) is 9.99. The summed E-state index contributed by atoms with van der Waals surface area (Å²) in [7, 11) is 0. The summed E-state index contributed by atoms with van der Waals surface area (Å²) in [6, 6.07) is 26.8. The van der Waals surface area contributed by atoms with Gasteiger partial charge in [0.15, 0.2) is 0 Å². The first kappa shape index (κ1) is 42.2. The van der Waals surface area contributed by atoms with Gasteiger partial charge in [-0.25, -0.2) is 19.9 Å². The molecular weight excluding hydrogens is 789 g/mol. The number of anilines is 1. The van der Waals surface area contributed by atoms with Crippen LogP contribution in [-0.2, 0) is 18.8 Å². The van der Waals surface area contributed by atoms with Crippen molar-refractivity contribution < 1.29 is 26.3 Å². The molecule has 4 aromatic heterocycles. The number of alkyl halides is 6. The molecule has 7 aromatic rings. The molecule has 1 atom stereocenters. The minimum atomic E-state index is -4.44. The second kappa shape index (κ2) is 18.8. The highest BCUT2D eigenvalue weighted by Crippen LogP contribution is 2.37. The van der Waals surface area contributed by atoms with Crippen LogP contribution in [0.1, 0.15) is 16.7 Å². The minimum Gasteiger partial charge on any atom is -0.353 e. The van der Waals surface area contributed by atoms with E-state index in [1.807, 2.05) is 30.3 Å². The molecule has 0 radical (unpaired) electrons. The Morgan fingerprint density at radius 3 is 1.60 bits per heavy atom. The van der Waals surface area contributed by atoms with Gasteiger partial charge < -0.3 is 11.1 Å². The van der Waals surface area contributed by atoms with Gasteiger partial charge in [-0.2, -0.15) is 26.3 Å². The van der Waals surface area contributed by atoms with Gasteiger partial charge in [-0.1, -0.05) is 54.6 Å². The molecule has 0 saturated heterocycles. The number of pyridine rings is 2. The monoisotopic (exact) mass is 820 g/mol. The molecule has 0 fully saturated rings. The van der Waals surface area contributed by atoms with Crippen molar-refractivity contribution in [3.8, 4) is 44.8 Å². The molecular formula is C41H32Cl2F6N8. The van der Waals surface area contributed by atoms with Crippen LogP contribution in [0.4, 0.5) is 32.3 Å². The third-order valence-electron chi connectivity index (χ3n) is 8.32. The Labute approximate surface area is 334 Å². The van der Waals surface area contributed by atoms with Crippen molar-refractivity contribution in [3.63, 3.8) is 0 Å². The molecule has 0 saturated carbocycles. The number of nitrogens with one attached hydrogen (secondary N) is 1. The summed E-state index contributed by atoms with van der Waals surface area (Å²) in [6.07, 6.45) is 1.14. The average Bonchev–Trinajstić information content (AvgIpc) is 3.21. The predicted octanol–water partition coefficient (Wildman–Crippen LogP) is 10.5. The van der Waals surface area contributed by atoms with Crippen LogP contribution in [0.25, 0.3) is 44.8 Å². The normalized spacial score (nSPS) is 11.8. The Bertz CT molecular complexity index is 2370. The molecule has 3 N–H and O–H groups in total. The van der Waals surface area contributed by atoms with E-state index in [0.717, 1.165) is 35.4 Å². The van der Waals surface area contributed by atoms with E-state index in [2.05, 4.69) is 35.2 Å². The van der Waals surface area contributed by atoms with E-state index < -0.39 is 23.5 Å². The van der Waals surface area contributed by atoms with E-state index >= 15 is 0 Å². The fourth-order valence-corrected chi connectivity index (χ4v) is 5.78. The summed E-state index contributed by atoms with van der Waals surface area (Å²) in [4.78, 5) is 24.9. The van der Waals surface area contributed by atoms with Gasteiger partial charge in [0.2, 0.25) is 11.2 Å². The van der Waals surface area contributed by atoms with Crippen LogP contribution in [0.15, 0.2) is 140 Å². The number of rotatable bonds is 9.